The van der Waals surface area contributed by atoms with E-state index in [1.54, 1.807) is 12.1 Å². The normalized spacial score (nSPS) is 13.1. The quantitative estimate of drug-likeness (QED) is 0.479. The highest BCUT2D eigenvalue weighted by Crippen LogP contribution is 2.38. The number of hydrogen-bond donors (Lipinski definition) is 0. The third-order valence-electron chi connectivity index (χ3n) is 3.56. The summed E-state index contributed by atoms with van der Waals surface area (Å²) in [6, 6.07) is 9.79. The Balaban J connectivity index is 2.10. The van der Waals surface area contributed by atoms with E-state index < -0.39 is 9.84 Å². The van der Waals surface area contributed by atoms with Crippen molar-refractivity contribution in [1.29, 1.82) is 0 Å². The molecule has 25 heavy (non-hydrogen) atoms. The highest BCUT2D eigenvalue weighted by Gasteiger charge is 2.29. The second-order valence-electron chi connectivity index (χ2n) is 5.38. The molecule has 0 aliphatic rings. The van der Waals surface area contributed by atoms with Crippen molar-refractivity contribution in [2.45, 2.75) is 40.5 Å². The van der Waals surface area contributed by atoms with Crippen LogP contribution < -0.4 is 0 Å². The molecule has 1 aromatic carbocycles. The van der Waals surface area contributed by atoms with E-state index in [4.69, 9.17) is 16.0 Å². The van der Waals surface area contributed by atoms with Gasteiger partial charge in [-0.1, -0.05) is 43.3 Å². The van der Waals surface area contributed by atoms with E-state index in [-0.39, 0.29) is 15.2 Å². The first kappa shape index (κ1) is 18.5. The summed E-state index contributed by atoms with van der Waals surface area (Å²) in [4.78, 5) is 5.25. The first-order valence-corrected chi connectivity index (χ1v) is 11.3. The molecule has 3 aromatic rings. The Labute approximate surface area is 160 Å². The van der Waals surface area contributed by atoms with Crippen molar-refractivity contribution in [3.05, 3.63) is 46.8 Å². The number of rotatable bonds is 6. The summed E-state index contributed by atoms with van der Waals surface area (Å²) in [5.41, 5.74) is 0. The van der Waals surface area contributed by atoms with Crippen molar-refractivity contribution < 1.29 is 12.8 Å². The standard InChI is InChI=1S/C17H16ClNO3S3/c1-3-11(2)24-17-16(19-15(22-17)14-5-4-10-23-14)25(20,21)13-8-6-12(18)7-9-13/h4-11H,3H2,1-2H3/t11-/m1/s1. The van der Waals surface area contributed by atoms with Crippen molar-refractivity contribution in [1.82, 2.24) is 4.98 Å². The molecule has 0 saturated heterocycles. The zero-order valence-corrected chi connectivity index (χ0v) is 16.8. The third-order valence-corrected chi connectivity index (χ3v) is 7.70. The molecule has 4 nitrogen and oxygen atoms in total. The minimum atomic E-state index is -3.79. The summed E-state index contributed by atoms with van der Waals surface area (Å²) in [7, 11) is -3.79. The van der Waals surface area contributed by atoms with E-state index >= 15 is 0 Å². The number of benzene rings is 1. The highest BCUT2D eigenvalue weighted by atomic mass is 35.5. The molecule has 0 bridgehead atoms. The summed E-state index contributed by atoms with van der Waals surface area (Å²) in [6.07, 6.45) is 0.889. The van der Waals surface area contributed by atoms with Gasteiger partial charge in [0.05, 0.1) is 9.77 Å². The third kappa shape index (κ3) is 3.95. The summed E-state index contributed by atoms with van der Waals surface area (Å²) >= 11 is 8.70. The zero-order chi connectivity index (χ0) is 18.0. The van der Waals surface area contributed by atoms with Crippen LogP contribution in [0, 0.1) is 0 Å². The predicted molar refractivity (Wildman–Crippen MR) is 102 cm³/mol. The molecule has 0 radical (unpaired) electrons. The monoisotopic (exact) mass is 413 g/mol. The molecule has 8 heteroatoms. The number of thiophene rings is 1. The van der Waals surface area contributed by atoms with Gasteiger partial charge >= 0.3 is 0 Å². The molecule has 0 aliphatic carbocycles. The second kappa shape index (κ2) is 7.53. The molecule has 0 unspecified atom stereocenters. The zero-order valence-electron chi connectivity index (χ0n) is 13.6. The Bertz CT molecular complexity index is 948. The molecule has 0 saturated carbocycles. The van der Waals surface area contributed by atoms with Crippen LogP contribution in [0.1, 0.15) is 20.3 Å². The van der Waals surface area contributed by atoms with Gasteiger partial charge in [0.2, 0.25) is 25.8 Å². The van der Waals surface area contributed by atoms with Gasteiger partial charge in [0.25, 0.3) is 0 Å². The first-order valence-electron chi connectivity index (χ1n) is 7.64. The van der Waals surface area contributed by atoms with E-state index in [9.17, 15) is 8.42 Å². The SMILES string of the molecule is CC[C@@H](C)Sc1oc(-c2cccs2)nc1S(=O)(=O)c1ccc(Cl)cc1. The molecule has 0 amide bonds. The fraction of sp³-hybridized carbons (Fsp3) is 0.235. The van der Waals surface area contributed by atoms with E-state index in [1.807, 2.05) is 31.4 Å². The number of nitrogens with zero attached hydrogens (tertiary/aromatic N) is 1. The van der Waals surface area contributed by atoms with Crippen molar-refractivity contribution in [2.24, 2.45) is 0 Å². The van der Waals surface area contributed by atoms with Gasteiger partial charge in [-0.15, -0.1) is 11.3 Å². The Hall–Kier alpha value is -1.28. The Morgan fingerprint density at radius 1 is 1.28 bits per heavy atom. The maximum absolute atomic E-state index is 13.0. The van der Waals surface area contributed by atoms with Gasteiger partial charge in [-0.25, -0.2) is 8.42 Å². The largest absolute Gasteiger partial charge is 0.428 e. The minimum absolute atomic E-state index is 0.0384. The van der Waals surface area contributed by atoms with Crippen LogP contribution >= 0.6 is 34.7 Å². The van der Waals surface area contributed by atoms with Crippen LogP contribution in [0.2, 0.25) is 5.02 Å². The van der Waals surface area contributed by atoms with Gasteiger partial charge in [-0.3, -0.25) is 0 Å². The molecule has 0 fully saturated rings. The van der Waals surface area contributed by atoms with Gasteiger partial charge in [-0.2, -0.15) is 4.98 Å². The number of halogens is 1. The van der Waals surface area contributed by atoms with Crippen LogP contribution in [-0.4, -0.2) is 18.7 Å². The Morgan fingerprint density at radius 3 is 2.60 bits per heavy atom. The number of sulfone groups is 1. The van der Waals surface area contributed by atoms with Gasteiger partial charge in [0.1, 0.15) is 0 Å². The Kier molecular flexibility index (Phi) is 5.58. The molecule has 0 spiro atoms. The maximum atomic E-state index is 13.0. The summed E-state index contributed by atoms with van der Waals surface area (Å²) < 4.78 is 31.9. The number of thioether (sulfide) groups is 1. The molecule has 132 valence electrons. The van der Waals surface area contributed by atoms with Crippen LogP contribution in [0.3, 0.4) is 0 Å². The van der Waals surface area contributed by atoms with Crippen LogP contribution in [0.5, 0.6) is 0 Å². The average Bonchev–Trinajstić information content (AvgIpc) is 3.24. The number of oxazole rings is 1. The van der Waals surface area contributed by atoms with Crippen molar-refractivity contribution in [3.8, 4) is 10.8 Å². The average molecular weight is 414 g/mol. The summed E-state index contributed by atoms with van der Waals surface area (Å²) in [5.74, 6) is 0.327. The van der Waals surface area contributed by atoms with Gasteiger partial charge < -0.3 is 4.42 Å². The Morgan fingerprint density at radius 2 is 2.00 bits per heavy atom. The molecule has 1 atom stereocenters. The summed E-state index contributed by atoms with van der Waals surface area (Å²) in [5, 5.41) is 2.88. The van der Waals surface area contributed by atoms with Crippen molar-refractivity contribution in [2.75, 3.05) is 0 Å². The van der Waals surface area contributed by atoms with Crippen LogP contribution in [0.15, 0.2) is 61.2 Å². The molecule has 2 aromatic heterocycles. The van der Waals surface area contributed by atoms with Crippen LogP contribution in [0.25, 0.3) is 10.8 Å². The lowest BCUT2D eigenvalue weighted by Gasteiger charge is -2.07. The first-order chi connectivity index (χ1) is 11.9. The lowest BCUT2D eigenvalue weighted by molar-refractivity contribution is 0.470. The van der Waals surface area contributed by atoms with Gasteiger partial charge in [0, 0.05) is 10.3 Å². The lowest BCUT2D eigenvalue weighted by Crippen LogP contribution is -2.04. The highest BCUT2D eigenvalue weighted by molar-refractivity contribution is 8.00. The fourth-order valence-electron chi connectivity index (χ4n) is 2.03. The van der Waals surface area contributed by atoms with Gasteiger partial charge in [-0.05, 0) is 42.1 Å². The van der Waals surface area contributed by atoms with Crippen LogP contribution in [0.4, 0.5) is 0 Å². The lowest BCUT2D eigenvalue weighted by atomic mass is 10.4. The molecule has 0 aliphatic heterocycles. The molecular formula is C17H16ClNO3S3. The maximum Gasteiger partial charge on any atom is 0.238 e. The molecule has 0 N–H and O–H groups in total. The van der Waals surface area contributed by atoms with Gasteiger partial charge in [0.15, 0.2) is 0 Å². The number of aromatic nitrogens is 1. The van der Waals surface area contributed by atoms with Crippen molar-refractivity contribution in [3.63, 3.8) is 0 Å². The molecule has 3 rings (SSSR count). The van der Waals surface area contributed by atoms with E-state index in [0.29, 0.717) is 16.0 Å². The molecular weight excluding hydrogens is 398 g/mol. The number of hydrogen-bond acceptors (Lipinski definition) is 6. The van der Waals surface area contributed by atoms with E-state index in [2.05, 4.69) is 4.98 Å². The minimum Gasteiger partial charge on any atom is -0.428 e. The smallest absolute Gasteiger partial charge is 0.238 e. The topological polar surface area (TPSA) is 60.2 Å². The van der Waals surface area contributed by atoms with E-state index in [0.717, 1.165) is 11.3 Å². The van der Waals surface area contributed by atoms with Crippen LogP contribution in [-0.2, 0) is 9.84 Å². The fourth-order valence-corrected chi connectivity index (χ4v) is 5.27. The predicted octanol–water partition coefficient (Wildman–Crippen LogP) is 5.78. The summed E-state index contributed by atoms with van der Waals surface area (Å²) in [6.45, 7) is 4.07. The molecule has 2 heterocycles. The van der Waals surface area contributed by atoms with Crippen molar-refractivity contribution >= 4 is 44.5 Å². The second-order valence-corrected chi connectivity index (χ2v) is 10.0. The van der Waals surface area contributed by atoms with E-state index in [1.165, 1.54) is 35.2 Å².